The molecule has 5 rings (SSSR count). The van der Waals surface area contributed by atoms with Gasteiger partial charge >= 0.3 is 5.97 Å². The van der Waals surface area contributed by atoms with Gasteiger partial charge in [-0.3, -0.25) is 0 Å². The predicted molar refractivity (Wildman–Crippen MR) is 121 cm³/mol. The van der Waals surface area contributed by atoms with Gasteiger partial charge in [0.2, 0.25) is 0 Å². The van der Waals surface area contributed by atoms with Gasteiger partial charge in [-0.1, -0.05) is 6.07 Å². The van der Waals surface area contributed by atoms with Crippen LogP contribution in [0.1, 0.15) is 34.7 Å². The van der Waals surface area contributed by atoms with Gasteiger partial charge in [-0.2, -0.15) is 5.10 Å². The Bertz CT molecular complexity index is 1240. The molecule has 31 heavy (non-hydrogen) atoms. The number of carboxylic acid groups (broad SMARTS) is 1. The van der Waals surface area contributed by atoms with E-state index in [1.165, 1.54) is 23.8 Å². The summed E-state index contributed by atoms with van der Waals surface area (Å²) in [5, 5.41) is 13.6. The average Bonchev–Trinajstić information content (AvgIpc) is 3.29. The minimum atomic E-state index is -0.915. The number of nitrogens with one attached hydrogen (secondary N) is 1. The van der Waals surface area contributed by atoms with Gasteiger partial charge in [-0.15, -0.1) is 0 Å². The van der Waals surface area contributed by atoms with E-state index < -0.39 is 5.97 Å². The van der Waals surface area contributed by atoms with Crippen molar-refractivity contribution in [3.8, 4) is 17.1 Å². The summed E-state index contributed by atoms with van der Waals surface area (Å²) in [7, 11) is 1.86. The molecule has 0 saturated heterocycles. The number of aromatic nitrogens is 4. The van der Waals surface area contributed by atoms with E-state index >= 15 is 0 Å². The molecule has 0 spiro atoms. The zero-order chi connectivity index (χ0) is 21.4. The van der Waals surface area contributed by atoms with Crippen molar-refractivity contribution in [1.82, 2.24) is 19.3 Å². The highest BCUT2D eigenvalue weighted by molar-refractivity contribution is 8.00. The molecule has 7 nitrogen and oxygen atoms in total. The molecule has 0 aliphatic heterocycles. The van der Waals surface area contributed by atoms with E-state index in [0.717, 1.165) is 40.5 Å². The minimum Gasteiger partial charge on any atom is -0.478 e. The minimum absolute atomic E-state index is 0.298. The normalized spacial score (nSPS) is 13.3. The number of carboxylic acids is 1. The van der Waals surface area contributed by atoms with Crippen LogP contribution < -0.4 is 4.72 Å². The van der Waals surface area contributed by atoms with E-state index in [-0.39, 0.29) is 0 Å². The van der Waals surface area contributed by atoms with Crippen molar-refractivity contribution in [1.29, 1.82) is 0 Å². The van der Waals surface area contributed by atoms with E-state index in [9.17, 15) is 9.90 Å². The Kier molecular flexibility index (Phi) is 4.99. The van der Waals surface area contributed by atoms with E-state index in [0.29, 0.717) is 11.5 Å². The van der Waals surface area contributed by atoms with Crippen LogP contribution in [-0.2, 0) is 7.05 Å². The molecule has 4 aromatic rings. The fourth-order valence-corrected chi connectivity index (χ4v) is 4.55. The van der Waals surface area contributed by atoms with Crippen LogP contribution in [0.25, 0.3) is 17.1 Å². The van der Waals surface area contributed by atoms with E-state index in [2.05, 4.69) is 14.8 Å². The number of aryl methyl sites for hydroxylation is 1. The number of hydrogen-bond acceptors (Lipinski definition) is 5. The number of nitrogens with zero attached hydrogens (tertiary/aromatic N) is 4. The van der Waals surface area contributed by atoms with Crippen molar-refractivity contribution in [3.05, 3.63) is 78.4 Å². The molecule has 0 amide bonds. The fraction of sp³-hybridized carbons (Fsp3) is 0.174. The highest BCUT2D eigenvalue weighted by atomic mass is 32.2. The third-order valence-electron chi connectivity index (χ3n) is 5.40. The Balaban J connectivity index is 1.51. The number of hydrogen-bond donors (Lipinski definition) is 2. The third kappa shape index (κ3) is 3.94. The molecule has 0 unspecified atom stereocenters. The molecule has 0 radical (unpaired) electrons. The van der Waals surface area contributed by atoms with Gasteiger partial charge in [0.15, 0.2) is 5.82 Å². The first kappa shape index (κ1) is 19.4. The van der Waals surface area contributed by atoms with Crippen LogP contribution in [0.4, 0.5) is 5.69 Å². The number of anilines is 1. The first-order valence-corrected chi connectivity index (χ1v) is 10.8. The molecule has 8 heteroatoms. The van der Waals surface area contributed by atoms with Crippen LogP contribution in [0.5, 0.6) is 0 Å². The van der Waals surface area contributed by atoms with E-state index in [1.54, 1.807) is 16.8 Å². The molecule has 2 N–H and O–H groups in total. The lowest BCUT2D eigenvalue weighted by Crippen LogP contribution is -2.02. The van der Waals surface area contributed by atoms with Gasteiger partial charge in [-0.25, -0.2) is 14.5 Å². The smallest absolute Gasteiger partial charge is 0.335 e. The molecule has 2 aromatic carbocycles. The molecule has 1 aliphatic carbocycles. The Morgan fingerprint density at radius 2 is 1.97 bits per heavy atom. The van der Waals surface area contributed by atoms with Crippen molar-refractivity contribution in [2.45, 2.75) is 23.7 Å². The van der Waals surface area contributed by atoms with Gasteiger partial charge in [0, 0.05) is 29.9 Å². The average molecular weight is 432 g/mol. The summed E-state index contributed by atoms with van der Waals surface area (Å²) in [4.78, 5) is 16.8. The quantitative estimate of drug-likeness (QED) is 0.402. The number of rotatable bonds is 7. The molecule has 156 valence electrons. The first-order valence-electron chi connectivity index (χ1n) is 10.0. The van der Waals surface area contributed by atoms with Gasteiger partial charge in [0.25, 0.3) is 0 Å². The predicted octanol–water partition coefficient (Wildman–Crippen LogP) is 4.97. The van der Waals surface area contributed by atoms with Gasteiger partial charge in [0.1, 0.15) is 6.33 Å². The third-order valence-corrected chi connectivity index (χ3v) is 6.29. The second kappa shape index (κ2) is 7.96. The van der Waals surface area contributed by atoms with Crippen molar-refractivity contribution >= 4 is 23.6 Å². The van der Waals surface area contributed by atoms with Crippen LogP contribution in [0, 0.1) is 0 Å². The summed E-state index contributed by atoms with van der Waals surface area (Å²) in [6.45, 7) is 0. The maximum absolute atomic E-state index is 11.5. The second-order valence-corrected chi connectivity index (χ2v) is 8.41. The van der Waals surface area contributed by atoms with Crippen molar-refractivity contribution in [2.24, 2.45) is 7.05 Å². The number of carbonyl (C=O) groups is 1. The molecule has 1 fully saturated rings. The molecule has 1 saturated carbocycles. The van der Waals surface area contributed by atoms with Crippen molar-refractivity contribution in [2.75, 3.05) is 4.72 Å². The highest BCUT2D eigenvalue weighted by Gasteiger charge is 2.27. The lowest BCUT2D eigenvalue weighted by Gasteiger charge is -2.16. The molecule has 2 heterocycles. The largest absolute Gasteiger partial charge is 0.478 e. The molecular formula is C23H21N5O2S. The SMILES string of the molecule is Cn1ncnc1-c1ccc(-n2cccc2)c(NSc2cc(C(=O)O)ccc2C2CC2)c1. The summed E-state index contributed by atoms with van der Waals surface area (Å²) < 4.78 is 7.25. The van der Waals surface area contributed by atoms with Gasteiger partial charge in [-0.05, 0) is 78.7 Å². The van der Waals surface area contributed by atoms with Gasteiger partial charge < -0.3 is 14.4 Å². The lowest BCUT2D eigenvalue weighted by atomic mass is 10.1. The Hall–Kier alpha value is -3.52. The molecule has 0 bridgehead atoms. The van der Waals surface area contributed by atoms with Gasteiger partial charge in [0.05, 0.1) is 16.9 Å². The van der Waals surface area contributed by atoms with Crippen LogP contribution >= 0.6 is 11.9 Å². The monoisotopic (exact) mass is 431 g/mol. The van der Waals surface area contributed by atoms with E-state index in [1.807, 2.05) is 60.4 Å². The number of aromatic carboxylic acids is 1. The molecule has 1 aliphatic rings. The summed E-state index contributed by atoms with van der Waals surface area (Å²) in [6.07, 6.45) is 7.82. The summed E-state index contributed by atoms with van der Waals surface area (Å²) in [6, 6.07) is 15.5. The van der Waals surface area contributed by atoms with E-state index in [4.69, 9.17) is 0 Å². The lowest BCUT2D eigenvalue weighted by molar-refractivity contribution is 0.0696. The Morgan fingerprint density at radius 1 is 1.16 bits per heavy atom. The second-order valence-electron chi connectivity index (χ2n) is 7.57. The summed E-state index contributed by atoms with van der Waals surface area (Å²) in [5.74, 6) is 0.376. The Morgan fingerprint density at radius 3 is 2.65 bits per heavy atom. The molecule has 0 atom stereocenters. The Labute approximate surface area is 183 Å². The number of benzene rings is 2. The highest BCUT2D eigenvalue weighted by Crippen LogP contribution is 2.45. The summed E-state index contributed by atoms with van der Waals surface area (Å²) in [5.41, 5.74) is 4.34. The first-order chi connectivity index (χ1) is 15.1. The maximum Gasteiger partial charge on any atom is 0.335 e. The zero-order valence-electron chi connectivity index (χ0n) is 16.9. The molecular weight excluding hydrogens is 410 g/mol. The summed E-state index contributed by atoms with van der Waals surface area (Å²) >= 11 is 1.45. The van der Waals surface area contributed by atoms with Crippen LogP contribution in [0.15, 0.2) is 72.1 Å². The maximum atomic E-state index is 11.5. The van der Waals surface area contributed by atoms with Crippen molar-refractivity contribution < 1.29 is 9.90 Å². The fourth-order valence-electron chi connectivity index (χ4n) is 3.63. The van der Waals surface area contributed by atoms with Crippen molar-refractivity contribution in [3.63, 3.8) is 0 Å². The zero-order valence-corrected chi connectivity index (χ0v) is 17.7. The standard InChI is InChI=1S/C23H21N5O2S/c1-27-22(24-14-25-27)16-7-9-20(28-10-2-3-11-28)19(12-16)26-31-21-13-17(23(29)30)6-8-18(21)15-4-5-15/h2-3,6-15,26H,4-5H2,1H3,(H,29,30). The van der Waals surface area contributed by atoms with Crippen LogP contribution in [-0.4, -0.2) is 30.4 Å². The molecule has 2 aromatic heterocycles. The van der Waals surface area contributed by atoms with Crippen LogP contribution in [0.3, 0.4) is 0 Å². The topological polar surface area (TPSA) is 85.0 Å². The van der Waals surface area contributed by atoms with Crippen LogP contribution in [0.2, 0.25) is 0 Å².